The van der Waals surface area contributed by atoms with E-state index in [1.54, 1.807) is 47.5 Å². The number of carbonyl (C=O) groups is 2. The highest BCUT2D eigenvalue weighted by atomic mass is 32.1. The van der Waals surface area contributed by atoms with Crippen LogP contribution in [0.4, 0.5) is 0 Å². The summed E-state index contributed by atoms with van der Waals surface area (Å²) in [7, 11) is 3.02. The molecule has 7 heteroatoms. The fraction of sp³-hybridized carbons (Fsp3) is 0.250. The highest BCUT2D eigenvalue weighted by Crippen LogP contribution is 2.29. The molecule has 1 amide bonds. The van der Waals surface area contributed by atoms with Crippen LogP contribution in [0.5, 0.6) is 5.75 Å². The normalized spacial score (nSPS) is 11.8. The quantitative estimate of drug-likeness (QED) is 0.607. The average Bonchev–Trinajstić information content (AvgIpc) is 3.14. The first kappa shape index (κ1) is 18.8. The number of esters is 1. The number of rotatable bonds is 6. The van der Waals surface area contributed by atoms with Gasteiger partial charge in [-0.25, -0.2) is 9.78 Å². The summed E-state index contributed by atoms with van der Waals surface area (Å²) in [4.78, 5) is 30.5. The van der Waals surface area contributed by atoms with Crippen LogP contribution in [0.2, 0.25) is 0 Å². The Bertz CT molecular complexity index is 936. The number of hydrogen-bond donors (Lipinski definition) is 0. The van der Waals surface area contributed by atoms with Gasteiger partial charge < -0.3 is 14.4 Å². The van der Waals surface area contributed by atoms with Gasteiger partial charge in [-0.15, -0.1) is 11.3 Å². The van der Waals surface area contributed by atoms with E-state index < -0.39 is 5.97 Å². The van der Waals surface area contributed by atoms with E-state index in [0.717, 1.165) is 15.2 Å². The molecule has 0 aliphatic heterocycles. The zero-order valence-electron chi connectivity index (χ0n) is 15.3. The third-order valence-corrected chi connectivity index (χ3v) is 5.49. The zero-order valence-corrected chi connectivity index (χ0v) is 16.2. The van der Waals surface area contributed by atoms with Gasteiger partial charge in [-0.05, 0) is 31.2 Å². The fourth-order valence-corrected chi connectivity index (χ4v) is 3.63. The Kier molecular flexibility index (Phi) is 5.71. The van der Waals surface area contributed by atoms with Crippen molar-refractivity contribution in [3.8, 4) is 5.75 Å². The number of methoxy groups -OCH3 is 1. The number of aromatic nitrogens is 1. The molecule has 3 aromatic rings. The standard InChI is InChI=1S/C20H20N2O4S/c1-13(19-21-15-9-5-7-11-17(15)27-19)22(2)18(23)12-26-16-10-6-4-8-14(16)20(24)25-3/h4-11,13H,12H2,1-3H3/t13-/m0/s1. The van der Waals surface area contributed by atoms with E-state index >= 15 is 0 Å². The lowest BCUT2D eigenvalue weighted by molar-refractivity contribution is -0.134. The summed E-state index contributed by atoms with van der Waals surface area (Å²) in [5.74, 6) is -0.394. The Morgan fingerprint density at radius 1 is 1.15 bits per heavy atom. The van der Waals surface area contributed by atoms with Crippen LogP contribution in [-0.4, -0.2) is 42.5 Å². The van der Waals surface area contributed by atoms with Gasteiger partial charge in [0.2, 0.25) is 0 Å². The Balaban J connectivity index is 1.68. The summed E-state index contributed by atoms with van der Waals surface area (Å²) in [6.45, 7) is 1.75. The number of thiazole rings is 1. The Morgan fingerprint density at radius 2 is 1.85 bits per heavy atom. The molecule has 0 N–H and O–H groups in total. The molecule has 6 nitrogen and oxygen atoms in total. The number of hydrogen-bond acceptors (Lipinski definition) is 6. The molecule has 3 rings (SSSR count). The molecule has 0 aliphatic carbocycles. The number of para-hydroxylation sites is 2. The minimum Gasteiger partial charge on any atom is -0.483 e. The molecule has 0 radical (unpaired) electrons. The highest BCUT2D eigenvalue weighted by molar-refractivity contribution is 7.18. The van der Waals surface area contributed by atoms with Crippen molar-refractivity contribution in [1.29, 1.82) is 0 Å². The molecule has 0 fully saturated rings. The zero-order chi connectivity index (χ0) is 19.4. The number of carbonyl (C=O) groups excluding carboxylic acids is 2. The van der Waals surface area contributed by atoms with Crippen molar-refractivity contribution >= 4 is 33.4 Å². The van der Waals surface area contributed by atoms with Crippen LogP contribution in [0, 0.1) is 0 Å². The maximum Gasteiger partial charge on any atom is 0.341 e. The lowest BCUT2D eigenvalue weighted by Crippen LogP contribution is -2.33. The summed E-state index contributed by atoms with van der Waals surface area (Å²) in [6, 6.07) is 14.4. The predicted molar refractivity (Wildman–Crippen MR) is 104 cm³/mol. The van der Waals surface area contributed by atoms with Crippen LogP contribution in [0.25, 0.3) is 10.2 Å². The van der Waals surface area contributed by atoms with Gasteiger partial charge in [0.15, 0.2) is 6.61 Å². The minimum absolute atomic E-state index is 0.181. The van der Waals surface area contributed by atoms with E-state index in [-0.39, 0.29) is 24.1 Å². The molecule has 0 unspecified atom stereocenters. The lowest BCUT2D eigenvalue weighted by Gasteiger charge is -2.23. The number of fused-ring (bicyclic) bond motifs is 1. The van der Waals surface area contributed by atoms with Gasteiger partial charge in [0.05, 0.1) is 23.4 Å². The Labute approximate surface area is 161 Å². The van der Waals surface area contributed by atoms with Crippen molar-refractivity contribution in [2.75, 3.05) is 20.8 Å². The SMILES string of the molecule is COC(=O)c1ccccc1OCC(=O)N(C)[C@@H](C)c1nc2ccccc2s1. The van der Waals surface area contributed by atoms with Crippen molar-refractivity contribution in [3.63, 3.8) is 0 Å². The molecular formula is C20H20N2O4S. The van der Waals surface area contributed by atoms with Crippen LogP contribution < -0.4 is 4.74 Å². The molecule has 2 aromatic carbocycles. The number of nitrogens with zero attached hydrogens (tertiary/aromatic N) is 2. The van der Waals surface area contributed by atoms with E-state index in [1.807, 2.05) is 31.2 Å². The minimum atomic E-state index is -0.505. The number of ether oxygens (including phenoxy) is 2. The van der Waals surface area contributed by atoms with E-state index in [4.69, 9.17) is 9.47 Å². The predicted octanol–water partition coefficient (Wildman–Crippen LogP) is 3.68. The topological polar surface area (TPSA) is 68.7 Å². The van der Waals surface area contributed by atoms with E-state index in [9.17, 15) is 9.59 Å². The van der Waals surface area contributed by atoms with Crippen LogP contribution in [0.3, 0.4) is 0 Å². The second kappa shape index (κ2) is 8.18. The molecule has 0 aliphatic rings. The molecule has 0 saturated carbocycles. The molecular weight excluding hydrogens is 364 g/mol. The van der Waals surface area contributed by atoms with Crippen molar-refractivity contribution in [1.82, 2.24) is 9.88 Å². The molecule has 0 bridgehead atoms. The van der Waals surface area contributed by atoms with Crippen LogP contribution in [-0.2, 0) is 9.53 Å². The molecule has 27 heavy (non-hydrogen) atoms. The third kappa shape index (κ3) is 4.09. The summed E-state index contributed by atoms with van der Waals surface area (Å²) in [6.07, 6.45) is 0. The molecule has 140 valence electrons. The van der Waals surface area contributed by atoms with E-state index in [1.165, 1.54) is 7.11 Å². The second-order valence-electron chi connectivity index (χ2n) is 5.98. The van der Waals surface area contributed by atoms with Gasteiger partial charge in [-0.1, -0.05) is 24.3 Å². The highest BCUT2D eigenvalue weighted by Gasteiger charge is 2.22. The number of amides is 1. The van der Waals surface area contributed by atoms with Crippen LogP contribution in [0.1, 0.15) is 28.3 Å². The van der Waals surface area contributed by atoms with Crippen molar-refractivity contribution in [2.24, 2.45) is 0 Å². The van der Waals surface area contributed by atoms with Crippen molar-refractivity contribution in [3.05, 3.63) is 59.1 Å². The van der Waals surface area contributed by atoms with Gasteiger partial charge >= 0.3 is 5.97 Å². The van der Waals surface area contributed by atoms with Gasteiger partial charge in [0.1, 0.15) is 16.3 Å². The van der Waals surface area contributed by atoms with Gasteiger partial charge in [0.25, 0.3) is 5.91 Å². The van der Waals surface area contributed by atoms with Gasteiger partial charge in [0, 0.05) is 7.05 Å². The largest absolute Gasteiger partial charge is 0.483 e. The van der Waals surface area contributed by atoms with E-state index in [2.05, 4.69) is 4.98 Å². The smallest absolute Gasteiger partial charge is 0.341 e. The van der Waals surface area contributed by atoms with Crippen molar-refractivity contribution in [2.45, 2.75) is 13.0 Å². The molecule has 1 aromatic heterocycles. The molecule has 0 saturated heterocycles. The average molecular weight is 384 g/mol. The number of benzene rings is 2. The summed E-state index contributed by atoms with van der Waals surface area (Å²) < 4.78 is 11.4. The lowest BCUT2D eigenvalue weighted by atomic mass is 10.2. The third-order valence-electron chi connectivity index (χ3n) is 4.29. The maximum absolute atomic E-state index is 12.6. The Morgan fingerprint density at radius 3 is 2.59 bits per heavy atom. The van der Waals surface area contributed by atoms with Gasteiger partial charge in [-0.2, -0.15) is 0 Å². The van der Waals surface area contributed by atoms with Crippen molar-refractivity contribution < 1.29 is 19.1 Å². The first-order valence-electron chi connectivity index (χ1n) is 8.42. The first-order valence-corrected chi connectivity index (χ1v) is 9.24. The maximum atomic E-state index is 12.6. The van der Waals surface area contributed by atoms with E-state index in [0.29, 0.717) is 5.75 Å². The molecule has 1 heterocycles. The first-order chi connectivity index (χ1) is 13.0. The molecule has 0 spiro atoms. The second-order valence-corrected chi connectivity index (χ2v) is 7.04. The monoisotopic (exact) mass is 384 g/mol. The summed E-state index contributed by atoms with van der Waals surface area (Å²) >= 11 is 1.57. The van der Waals surface area contributed by atoms with Gasteiger partial charge in [-0.3, -0.25) is 4.79 Å². The van der Waals surface area contributed by atoms with Crippen LogP contribution >= 0.6 is 11.3 Å². The number of likely N-dealkylation sites (N-methyl/N-ethyl adjacent to an activating group) is 1. The fourth-order valence-electron chi connectivity index (χ4n) is 2.56. The summed E-state index contributed by atoms with van der Waals surface area (Å²) in [5.41, 5.74) is 1.21. The molecule has 1 atom stereocenters. The summed E-state index contributed by atoms with van der Waals surface area (Å²) in [5, 5.41) is 0.863. The Hall–Kier alpha value is -2.93. The van der Waals surface area contributed by atoms with Crippen LogP contribution in [0.15, 0.2) is 48.5 Å².